The lowest BCUT2D eigenvalue weighted by Crippen LogP contribution is -3.00. The predicted molar refractivity (Wildman–Crippen MR) is 243 cm³/mol. The van der Waals surface area contributed by atoms with Crippen LogP contribution in [0.15, 0.2) is 141 Å². The molecule has 0 N–H and O–H groups in total. The monoisotopic (exact) mass is 1300 g/mol. The summed E-state index contributed by atoms with van der Waals surface area (Å²) in [5.74, 6) is 0. The van der Waals surface area contributed by atoms with Crippen LogP contribution >= 0.6 is 23.5 Å². The molecular formula is C49H54I4N6S2. The highest BCUT2D eigenvalue weighted by Gasteiger charge is 2.25. The molecule has 0 amide bonds. The quantitative estimate of drug-likeness (QED) is 0.0785. The van der Waals surface area contributed by atoms with E-state index >= 15 is 0 Å². The molecule has 8 rings (SSSR count). The number of para-hydroxylation sites is 4. The highest BCUT2D eigenvalue weighted by molar-refractivity contribution is 8.04. The Labute approximate surface area is 439 Å². The molecule has 4 aromatic carbocycles. The Morgan fingerprint density at radius 3 is 1.28 bits per heavy atom. The van der Waals surface area contributed by atoms with E-state index in [0.29, 0.717) is 0 Å². The minimum Gasteiger partial charge on any atom is -1.00 e. The lowest BCUT2D eigenvalue weighted by molar-refractivity contribution is -0.670. The Morgan fingerprint density at radius 2 is 0.885 bits per heavy atom. The van der Waals surface area contributed by atoms with Gasteiger partial charge >= 0.3 is 0 Å². The van der Waals surface area contributed by atoms with Crippen LogP contribution in [0.1, 0.15) is 43.2 Å². The van der Waals surface area contributed by atoms with Gasteiger partial charge in [-0.2, -0.15) is 9.13 Å². The first-order valence-corrected chi connectivity index (χ1v) is 21.7. The molecule has 6 aromatic rings. The van der Waals surface area contributed by atoms with Crippen LogP contribution in [0.25, 0.3) is 34.0 Å². The van der Waals surface area contributed by atoms with Gasteiger partial charge in [-0.3, -0.25) is 0 Å². The van der Waals surface area contributed by atoms with Gasteiger partial charge in [-0.05, 0) is 66.1 Å². The average Bonchev–Trinajstić information content (AvgIpc) is 3.72. The van der Waals surface area contributed by atoms with Crippen LogP contribution in [0.3, 0.4) is 0 Å². The Balaban J connectivity index is 0.00000205. The summed E-state index contributed by atoms with van der Waals surface area (Å²) < 4.78 is 9.57. The molecule has 0 bridgehead atoms. The number of aryl methyl sites for hydroxylation is 2. The molecule has 0 saturated heterocycles. The van der Waals surface area contributed by atoms with Crippen LogP contribution in [-0.2, 0) is 13.1 Å². The Hall–Kier alpha value is -2.26. The number of nitrogens with zero attached hydrogens (tertiary/aromatic N) is 6. The van der Waals surface area contributed by atoms with Gasteiger partial charge in [0.05, 0.1) is 45.0 Å². The molecule has 0 fully saturated rings. The van der Waals surface area contributed by atoms with Crippen LogP contribution in [-0.4, -0.2) is 62.9 Å². The molecule has 320 valence electrons. The number of pyridine rings is 2. The van der Waals surface area contributed by atoms with Crippen molar-refractivity contribution in [3.05, 3.63) is 143 Å². The summed E-state index contributed by atoms with van der Waals surface area (Å²) in [7, 11) is 13.2. The van der Waals surface area contributed by atoms with Gasteiger partial charge < -0.3 is 106 Å². The normalized spacial score (nSPS) is 13.9. The third-order valence-corrected chi connectivity index (χ3v) is 13.8. The van der Waals surface area contributed by atoms with Crippen LogP contribution in [0.5, 0.6) is 0 Å². The highest BCUT2D eigenvalue weighted by atomic mass is 127. The third-order valence-electron chi connectivity index (χ3n) is 11.5. The first kappa shape index (κ1) is 51.4. The number of thioether (sulfide) groups is 2. The van der Waals surface area contributed by atoms with Crippen LogP contribution < -0.4 is 115 Å². The molecule has 0 unspecified atom stereocenters. The minimum absolute atomic E-state index is 0. The van der Waals surface area contributed by atoms with E-state index in [1.807, 2.05) is 23.5 Å². The summed E-state index contributed by atoms with van der Waals surface area (Å²) in [6.07, 6.45) is 14.6. The minimum atomic E-state index is 0. The van der Waals surface area contributed by atoms with Crippen molar-refractivity contribution >= 4 is 80.3 Å². The highest BCUT2D eigenvalue weighted by Crippen LogP contribution is 2.46. The maximum absolute atomic E-state index is 2.44. The van der Waals surface area contributed by atoms with Crippen LogP contribution in [0, 0.1) is 0 Å². The SMILES string of the molecule is CN1C(=Cc2cc[n+](CCC(CCCC(CC[n+]3ccc(C=C4Sc5ccccc5N4C)c4ccccc43)=[N+](C)C)=[N+](C)C)c3ccccc23)Sc2ccccc21.[I-].[I-].[I-].[I-]. The third kappa shape index (κ3) is 11.7. The number of fused-ring (bicyclic) bond motifs is 4. The van der Waals surface area contributed by atoms with E-state index in [9.17, 15) is 0 Å². The number of benzene rings is 4. The number of anilines is 2. The van der Waals surface area contributed by atoms with Crippen LogP contribution in [0.4, 0.5) is 11.4 Å². The second kappa shape index (κ2) is 23.6. The molecule has 61 heavy (non-hydrogen) atoms. The van der Waals surface area contributed by atoms with Gasteiger partial charge in [0.1, 0.15) is 28.2 Å². The molecule has 0 spiro atoms. The van der Waals surface area contributed by atoms with E-state index in [1.165, 1.54) is 75.6 Å². The van der Waals surface area contributed by atoms with E-state index in [0.717, 1.165) is 45.2 Å². The van der Waals surface area contributed by atoms with Gasteiger partial charge in [0.15, 0.2) is 36.9 Å². The van der Waals surface area contributed by atoms with Crippen molar-refractivity contribution in [3.8, 4) is 0 Å². The summed E-state index contributed by atoms with van der Waals surface area (Å²) in [5, 5.41) is 5.09. The Kier molecular flexibility index (Phi) is 19.9. The topological polar surface area (TPSA) is 20.3 Å². The maximum atomic E-state index is 2.44. The summed E-state index contributed by atoms with van der Waals surface area (Å²) in [4.78, 5) is 7.24. The molecule has 2 aliphatic rings. The number of halogens is 4. The molecule has 12 heteroatoms. The first-order valence-electron chi connectivity index (χ1n) is 20.1. The molecule has 4 heterocycles. The van der Waals surface area contributed by atoms with E-state index in [1.54, 1.807) is 0 Å². The van der Waals surface area contributed by atoms with Gasteiger partial charge in [0.2, 0.25) is 11.0 Å². The molecule has 0 radical (unpaired) electrons. The maximum Gasteiger partial charge on any atom is 0.213 e. The number of hydrogen-bond acceptors (Lipinski definition) is 4. The van der Waals surface area contributed by atoms with Crippen molar-refractivity contribution in [1.29, 1.82) is 0 Å². The van der Waals surface area contributed by atoms with E-state index < -0.39 is 0 Å². The van der Waals surface area contributed by atoms with Crippen molar-refractivity contribution in [2.75, 3.05) is 52.1 Å². The smallest absolute Gasteiger partial charge is 0.213 e. The van der Waals surface area contributed by atoms with Crippen molar-refractivity contribution < 1.29 is 114 Å². The zero-order valence-corrected chi connectivity index (χ0v) is 45.9. The molecule has 0 aliphatic carbocycles. The molecule has 6 nitrogen and oxygen atoms in total. The number of rotatable bonds is 12. The zero-order chi connectivity index (χ0) is 39.5. The fraction of sp³-hybridized carbons (Fsp3) is 0.265. The molecular weight excluding hydrogens is 1240 g/mol. The first-order chi connectivity index (χ1) is 27.7. The van der Waals surface area contributed by atoms with E-state index in [2.05, 4.69) is 204 Å². The van der Waals surface area contributed by atoms with Gasteiger partial charge in [-0.25, -0.2) is 9.15 Å². The van der Waals surface area contributed by atoms with Crippen molar-refractivity contribution in [1.82, 2.24) is 0 Å². The zero-order valence-electron chi connectivity index (χ0n) is 35.7. The van der Waals surface area contributed by atoms with Crippen LogP contribution in [0.2, 0.25) is 0 Å². The molecule has 2 aromatic heterocycles. The summed E-state index contributed by atoms with van der Waals surface area (Å²) in [5.41, 5.74) is 10.6. The van der Waals surface area contributed by atoms with E-state index in [4.69, 9.17) is 0 Å². The summed E-state index contributed by atoms with van der Waals surface area (Å²) in [6, 6.07) is 39.6. The van der Waals surface area contributed by atoms with Gasteiger partial charge in [-0.1, -0.05) is 72.1 Å². The largest absolute Gasteiger partial charge is 1.00 e. The Morgan fingerprint density at radius 1 is 0.508 bits per heavy atom. The lowest BCUT2D eigenvalue weighted by Gasteiger charge is -2.13. The van der Waals surface area contributed by atoms with Crippen molar-refractivity contribution in [2.45, 2.75) is 55.0 Å². The lowest BCUT2D eigenvalue weighted by atomic mass is 10.0. The van der Waals surface area contributed by atoms with Gasteiger partial charge in [0.25, 0.3) is 0 Å². The Bertz CT molecular complexity index is 2440. The number of hydrogen-bond donors (Lipinski definition) is 0. The second-order valence-corrected chi connectivity index (χ2v) is 17.6. The van der Waals surface area contributed by atoms with Gasteiger partial charge in [-0.15, -0.1) is 0 Å². The fourth-order valence-electron chi connectivity index (χ4n) is 8.16. The van der Waals surface area contributed by atoms with Crippen molar-refractivity contribution in [2.24, 2.45) is 0 Å². The van der Waals surface area contributed by atoms with Gasteiger partial charge in [0, 0.05) is 61.0 Å². The van der Waals surface area contributed by atoms with Crippen molar-refractivity contribution in [3.63, 3.8) is 0 Å². The molecule has 0 saturated carbocycles. The second-order valence-electron chi connectivity index (χ2n) is 15.5. The molecule has 2 aliphatic heterocycles. The standard InChI is InChI=1S/C49H54N6S2.4HI/c1-50(2)38(28-32-54-30-26-36(40-18-7-9-20-42(40)54)34-48-52(5)44-22-11-13-24-46(44)56-48)16-15-17-39(51(3)4)29-33-55-31-27-37(41-19-8-10-21-43(41)55)35-49-53(6)45-23-12-14-25-47(45)57-49;;;;/h7-14,18-27,30-31,34-35H,15-17,28-29,32-33H2,1-6H3;4*1H/q+4;;;;/p-4. The predicted octanol–water partition coefficient (Wildman–Crippen LogP) is -2.26. The molecule has 0 atom stereocenters. The summed E-state index contributed by atoms with van der Waals surface area (Å²) in [6.45, 7) is 1.90. The number of aromatic nitrogens is 2. The van der Waals surface area contributed by atoms with E-state index in [-0.39, 0.29) is 95.9 Å². The summed E-state index contributed by atoms with van der Waals surface area (Å²) >= 11 is 3.70. The fourth-order valence-corrected chi connectivity index (χ4v) is 10.4. The average molecular weight is 1300 g/mol.